The van der Waals surface area contributed by atoms with Gasteiger partial charge in [0.05, 0.1) is 11.6 Å². The Bertz CT molecular complexity index is 1000. The minimum absolute atomic E-state index is 0.0671. The summed E-state index contributed by atoms with van der Waals surface area (Å²) < 4.78 is 19.6. The van der Waals surface area contributed by atoms with E-state index in [2.05, 4.69) is 10.2 Å². The molecule has 6 nitrogen and oxygen atoms in total. The first kappa shape index (κ1) is 22.4. The molecular formula is C24H27ClFN3O3. The normalized spacial score (nSPS) is 20.8. The Kier molecular flexibility index (Phi) is 6.84. The molecule has 0 aliphatic carbocycles. The Morgan fingerprint density at radius 3 is 2.72 bits per heavy atom. The average Bonchev–Trinajstić information content (AvgIpc) is 3.24. The third-order valence-corrected chi connectivity index (χ3v) is 6.32. The molecule has 0 spiro atoms. The van der Waals surface area contributed by atoms with Gasteiger partial charge in [-0.25, -0.2) is 4.39 Å². The van der Waals surface area contributed by atoms with Gasteiger partial charge >= 0.3 is 0 Å². The van der Waals surface area contributed by atoms with Gasteiger partial charge in [-0.2, -0.15) is 0 Å². The molecule has 2 aliphatic rings. The van der Waals surface area contributed by atoms with Crippen LogP contribution in [0.15, 0.2) is 42.5 Å². The van der Waals surface area contributed by atoms with E-state index in [1.807, 2.05) is 6.07 Å². The SMILES string of the molecule is CC(=O)N1CCCC[C@@H]1C(=O)Nc1ccc(O[C@H]2CCN(c3cccc(F)c3)C2)c(Cl)c1. The van der Waals surface area contributed by atoms with Crippen LogP contribution in [0.4, 0.5) is 15.8 Å². The van der Waals surface area contributed by atoms with Gasteiger partial charge in [-0.05, 0) is 55.7 Å². The molecule has 1 N–H and O–H groups in total. The highest BCUT2D eigenvalue weighted by atomic mass is 35.5. The van der Waals surface area contributed by atoms with Gasteiger partial charge in [0.25, 0.3) is 0 Å². The van der Waals surface area contributed by atoms with Gasteiger partial charge in [-0.3, -0.25) is 9.59 Å². The second kappa shape index (κ2) is 9.77. The Morgan fingerprint density at radius 1 is 1.12 bits per heavy atom. The molecule has 2 aliphatic heterocycles. The third kappa shape index (κ3) is 5.15. The van der Waals surface area contributed by atoms with Gasteiger partial charge in [0, 0.05) is 37.8 Å². The standard InChI is InChI=1S/C24H27ClFN3O3/c1-16(30)29-11-3-2-7-22(29)24(31)27-18-8-9-23(21(25)14-18)32-20-10-12-28(15-20)19-6-4-5-17(26)13-19/h4-6,8-9,13-14,20,22H,2-3,7,10-12,15H2,1H3,(H,27,31)/t20-,22+/m0/s1. The summed E-state index contributed by atoms with van der Waals surface area (Å²) in [6.07, 6.45) is 3.22. The van der Waals surface area contributed by atoms with Crippen LogP contribution in [0.5, 0.6) is 5.75 Å². The monoisotopic (exact) mass is 459 g/mol. The summed E-state index contributed by atoms with van der Waals surface area (Å²) in [5.41, 5.74) is 1.40. The molecule has 2 aromatic carbocycles. The lowest BCUT2D eigenvalue weighted by Crippen LogP contribution is -2.49. The number of carbonyl (C=O) groups is 2. The summed E-state index contributed by atoms with van der Waals surface area (Å²) in [4.78, 5) is 28.3. The zero-order valence-electron chi connectivity index (χ0n) is 18.0. The molecule has 2 fully saturated rings. The summed E-state index contributed by atoms with van der Waals surface area (Å²) in [7, 11) is 0. The molecule has 2 saturated heterocycles. The van der Waals surface area contributed by atoms with Gasteiger partial charge < -0.3 is 19.9 Å². The average molecular weight is 460 g/mol. The van der Waals surface area contributed by atoms with E-state index in [1.54, 1.807) is 29.2 Å². The number of nitrogens with zero attached hydrogens (tertiary/aromatic N) is 2. The fraction of sp³-hybridized carbons (Fsp3) is 0.417. The smallest absolute Gasteiger partial charge is 0.247 e. The molecule has 0 aromatic heterocycles. The summed E-state index contributed by atoms with van der Waals surface area (Å²) in [6.45, 7) is 3.51. The second-order valence-corrected chi connectivity index (χ2v) is 8.72. The maximum atomic E-state index is 13.5. The molecule has 4 rings (SSSR count). The molecule has 32 heavy (non-hydrogen) atoms. The van der Waals surface area contributed by atoms with Crippen LogP contribution in [0, 0.1) is 5.82 Å². The van der Waals surface area contributed by atoms with E-state index in [1.165, 1.54) is 19.1 Å². The van der Waals surface area contributed by atoms with Crippen molar-refractivity contribution in [2.75, 3.05) is 29.9 Å². The van der Waals surface area contributed by atoms with Crippen LogP contribution in [-0.2, 0) is 9.59 Å². The fourth-order valence-corrected chi connectivity index (χ4v) is 4.62. The predicted molar refractivity (Wildman–Crippen MR) is 123 cm³/mol. The predicted octanol–water partition coefficient (Wildman–Crippen LogP) is 4.48. The van der Waals surface area contributed by atoms with Crippen LogP contribution >= 0.6 is 11.6 Å². The molecule has 0 radical (unpaired) electrons. The number of likely N-dealkylation sites (tertiary alicyclic amines) is 1. The molecule has 2 aromatic rings. The molecule has 170 valence electrons. The zero-order valence-corrected chi connectivity index (χ0v) is 18.8. The maximum Gasteiger partial charge on any atom is 0.247 e. The fourth-order valence-electron chi connectivity index (χ4n) is 4.39. The Morgan fingerprint density at radius 2 is 1.97 bits per heavy atom. The van der Waals surface area contributed by atoms with Crippen LogP contribution in [-0.4, -0.2) is 48.5 Å². The van der Waals surface area contributed by atoms with Crippen LogP contribution in [0.25, 0.3) is 0 Å². The van der Waals surface area contributed by atoms with E-state index in [9.17, 15) is 14.0 Å². The van der Waals surface area contributed by atoms with Crippen molar-refractivity contribution in [3.05, 3.63) is 53.3 Å². The summed E-state index contributed by atoms with van der Waals surface area (Å²) in [5, 5.41) is 3.28. The number of amides is 2. The van der Waals surface area contributed by atoms with Crippen molar-refractivity contribution < 1.29 is 18.7 Å². The van der Waals surface area contributed by atoms with Crippen molar-refractivity contribution in [1.82, 2.24) is 4.90 Å². The first-order chi connectivity index (χ1) is 15.4. The van der Waals surface area contributed by atoms with Gasteiger partial charge in [-0.1, -0.05) is 17.7 Å². The molecule has 2 heterocycles. The van der Waals surface area contributed by atoms with Crippen molar-refractivity contribution in [3.63, 3.8) is 0 Å². The molecule has 0 saturated carbocycles. The minimum atomic E-state index is -0.455. The van der Waals surface area contributed by atoms with Gasteiger partial charge in [-0.15, -0.1) is 0 Å². The second-order valence-electron chi connectivity index (χ2n) is 8.31. The molecule has 0 bridgehead atoms. The Balaban J connectivity index is 1.36. The third-order valence-electron chi connectivity index (χ3n) is 6.02. The zero-order chi connectivity index (χ0) is 22.7. The van der Waals surface area contributed by atoms with E-state index < -0.39 is 6.04 Å². The van der Waals surface area contributed by atoms with E-state index in [4.69, 9.17) is 16.3 Å². The molecule has 0 unspecified atom stereocenters. The number of benzene rings is 2. The van der Waals surface area contributed by atoms with Crippen LogP contribution in [0.3, 0.4) is 0 Å². The summed E-state index contributed by atoms with van der Waals surface area (Å²) >= 11 is 6.43. The van der Waals surface area contributed by atoms with Crippen molar-refractivity contribution in [1.29, 1.82) is 0 Å². The maximum absolute atomic E-state index is 13.5. The number of hydrogen-bond acceptors (Lipinski definition) is 4. The Labute approximate surface area is 192 Å². The van der Waals surface area contributed by atoms with Gasteiger partial charge in [0.15, 0.2) is 0 Å². The summed E-state index contributed by atoms with van der Waals surface area (Å²) in [6, 6.07) is 11.2. The largest absolute Gasteiger partial charge is 0.487 e. The van der Waals surface area contributed by atoms with Crippen molar-refractivity contribution in [3.8, 4) is 5.75 Å². The lowest BCUT2D eigenvalue weighted by molar-refractivity contribution is -0.138. The number of hydrogen-bond donors (Lipinski definition) is 1. The van der Waals surface area contributed by atoms with Gasteiger partial charge in [0.1, 0.15) is 23.7 Å². The van der Waals surface area contributed by atoms with Crippen molar-refractivity contribution in [2.24, 2.45) is 0 Å². The number of piperidine rings is 1. The number of rotatable bonds is 5. The number of halogens is 2. The van der Waals surface area contributed by atoms with Crippen LogP contribution < -0.4 is 15.0 Å². The lowest BCUT2D eigenvalue weighted by atomic mass is 10.0. The number of nitrogens with one attached hydrogen (secondary N) is 1. The minimum Gasteiger partial charge on any atom is -0.487 e. The van der Waals surface area contributed by atoms with Crippen LogP contribution in [0.1, 0.15) is 32.6 Å². The Hall–Kier alpha value is -2.80. The van der Waals surface area contributed by atoms with Crippen molar-refractivity contribution in [2.45, 2.75) is 44.8 Å². The van der Waals surface area contributed by atoms with Gasteiger partial charge in [0.2, 0.25) is 11.8 Å². The molecule has 2 amide bonds. The molecule has 8 heteroatoms. The topological polar surface area (TPSA) is 61.9 Å². The quantitative estimate of drug-likeness (QED) is 0.716. The molecule has 2 atom stereocenters. The highest BCUT2D eigenvalue weighted by molar-refractivity contribution is 6.32. The van der Waals surface area contributed by atoms with E-state index in [-0.39, 0.29) is 23.7 Å². The molecular weight excluding hydrogens is 433 g/mol. The number of anilines is 2. The number of carbonyl (C=O) groups excluding carboxylic acids is 2. The first-order valence-electron chi connectivity index (χ1n) is 11.0. The first-order valence-corrected chi connectivity index (χ1v) is 11.3. The van der Waals surface area contributed by atoms with Crippen LogP contribution in [0.2, 0.25) is 5.02 Å². The highest BCUT2D eigenvalue weighted by Crippen LogP contribution is 2.31. The number of ether oxygens (including phenoxy) is 1. The lowest BCUT2D eigenvalue weighted by Gasteiger charge is -2.33. The van der Waals surface area contributed by atoms with E-state index >= 15 is 0 Å². The van der Waals surface area contributed by atoms with E-state index in [0.717, 1.165) is 31.5 Å². The highest BCUT2D eigenvalue weighted by Gasteiger charge is 2.30. The van der Waals surface area contributed by atoms with Crippen molar-refractivity contribution >= 4 is 34.8 Å². The summed E-state index contributed by atoms with van der Waals surface area (Å²) in [5.74, 6) is -0.00683. The van der Waals surface area contributed by atoms with E-state index in [0.29, 0.717) is 36.0 Å².